The second-order valence-electron chi connectivity index (χ2n) is 2.99. The van der Waals surface area contributed by atoms with E-state index in [9.17, 15) is 8.42 Å². The van der Waals surface area contributed by atoms with Crippen LogP contribution in [0.25, 0.3) is 0 Å². The van der Waals surface area contributed by atoms with Crippen molar-refractivity contribution >= 4 is 16.0 Å². The Bertz CT molecular complexity index is 316. The molecule has 1 unspecified atom stereocenters. The normalized spacial score (nSPS) is 15.0. The van der Waals surface area contributed by atoms with E-state index in [4.69, 9.17) is 15.7 Å². The van der Waals surface area contributed by atoms with E-state index >= 15 is 0 Å². The summed E-state index contributed by atoms with van der Waals surface area (Å²) in [7, 11) is -2.21. The van der Waals surface area contributed by atoms with Crippen LogP contribution in [0.5, 0.6) is 0 Å². The largest absolute Gasteiger partial charge is 0.409 e. The van der Waals surface area contributed by atoms with Gasteiger partial charge in [-0.3, -0.25) is 0 Å². The predicted octanol–water partition coefficient (Wildman–Crippen LogP) is -1.42. The van der Waals surface area contributed by atoms with Crippen LogP contribution in [0.4, 0.5) is 0 Å². The minimum absolute atomic E-state index is 0.151. The molecule has 5 N–H and O–H groups in total. The molecule has 0 rings (SSSR count). The second kappa shape index (κ2) is 7.39. The van der Waals surface area contributed by atoms with Crippen molar-refractivity contribution in [2.45, 2.75) is 19.4 Å². The highest BCUT2D eigenvalue weighted by Gasteiger charge is 2.19. The smallest absolute Gasteiger partial charge is 0.277 e. The van der Waals surface area contributed by atoms with Gasteiger partial charge in [-0.15, -0.1) is 0 Å². The van der Waals surface area contributed by atoms with Gasteiger partial charge in [-0.25, -0.2) is 0 Å². The third-order valence-electron chi connectivity index (χ3n) is 1.78. The van der Waals surface area contributed by atoms with Gasteiger partial charge in [-0.1, -0.05) is 12.1 Å². The number of nitrogens with one attached hydrogen (secondary N) is 2. The average molecular weight is 254 g/mol. The Hall–Kier alpha value is -0.900. The molecule has 0 aliphatic heterocycles. The maximum Gasteiger partial charge on any atom is 0.277 e. The van der Waals surface area contributed by atoms with Crippen LogP contribution in [-0.2, 0) is 14.9 Å². The van der Waals surface area contributed by atoms with Crippen LogP contribution in [0.3, 0.4) is 0 Å². The quantitative estimate of drug-likeness (QED) is 0.139. The molecule has 0 aliphatic rings. The van der Waals surface area contributed by atoms with E-state index in [0.29, 0.717) is 6.42 Å². The van der Waals surface area contributed by atoms with Crippen molar-refractivity contribution in [1.29, 1.82) is 0 Å². The first-order chi connectivity index (χ1) is 7.46. The molecule has 0 aromatic rings. The monoisotopic (exact) mass is 254 g/mol. The summed E-state index contributed by atoms with van der Waals surface area (Å²) in [6.07, 6.45) is 0.376. The van der Waals surface area contributed by atoms with Gasteiger partial charge >= 0.3 is 0 Å². The highest BCUT2D eigenvalue weighted by atomic mass is 32.2. The summed E-state index contributed by atoms with van der Waals surface area (Å²) >= 11 is 0. The summed E-state index contributed by atoms with van der Waals surface area (Å²) in [5, 5.41) is 11.2. The number of rotatable bonds is 8. The van der Waals surface area contributed by atoms with Crippen molar-refractivity contribution in [2.75, 3.05) is 20.3 Å². The Morgan fingerprint density at radius 1 is 1.62 bits per heavy atom. The zero-order valence-corrected chi connectivity index (χ0v) is 10.1. The van der Waals surface area contributed by atoms with Gasteiger partial charge in [0.1, 0.15) is 0 Å². The first-order valence-corrected chi connectivity index (χ1v) is 6.18. The molecule has 0 aliphatic carbocycles. The summed E-state index contributed by atoms with van der Waals surface area (Å²) in [6, 6.07) is -0.731. The summed E-state index contributed by atoms with van der Waals surface area (Å²) in [6.45, 7) is 2.13. The number of methoxy groups -OCH3 is 1. The Labute approximate surface area is 95.0 Å². The fourth-order valence-electron chi connectivity index (χ4n) is 0.930. The standard InChI is InChI=1S/C7H18N4O4S/c1-3-6(7(8)10-12)11-16(13,14)9-4-5-15-2/h6,9,11-12H,3-5H2,1-2H3,(H2,8,10). The molecule has 0 fully saturated rings. The molecule has 96 valence electrons. The second-order valence-corrected chi connectivity index (χ2v) is 4.53. The van der Waals surface area contributed by atoms with Gasteiger partial charge in [-0.2, -0.15) is 17.9 Å². The Kier molecular flexibility index (Phi) is 6.97. The fourth-order valence-corrected chi connectivity index (χ4v) is 2.03. The Morgan fingerprint density at radius 3 is 2.69 bits per heavy atom. The zero-order chi connectivity index (χ0) is 12.6. The van der Waals surface area contributed by atoms with Gasteiger partial charge in [0.25, 0.3) is 10.2 Å². The molecule has 16 heavy (non-hydrogen) atoms. The summed E-state index contributed by atoms with van der Waals surface area (Å²) in [5.41, 5.74) is 5.31. The number of nitrogens with zero attached hydrogens (tertiary/aromatic N) is 1. The molecule has 8 nitrogen and oxygen atoms in total. The lowest BCUT2D eigenvalue weighted by Gasteiger charge is -2.15. The molecule has 0 aromatic carbocycles. The van der Waals surface area contributed by atoms with Gasteiger partial charge in [0.05, 0.1) is 12.6 Å². The fraction of sp³-hybridized carbons (Fsp3) is 0.857. The number of amidine groups is 1. The van der Waals surface area contributed by atoms with Gasteiger partial charge in [0.15, 0.2) is 5.84 Å². The summed E-state index contributed by atoms with van der Waals surface area (Å²) in [4.78, 5) is 0. The number of nitrogens with two attached hydrogens (primary N) is 1. The van der Waals surface area contributed by atoms with Crippen LogP contribution < -0.4 is 15.2 Å². The Morgan fingerprint density at radius 2 is 2.25 bits per heavy atom. The number of oxime groups is 1. The number of hydrogen-bond donors (Lipinski definition) is 4. The van der Waals surface area contributed by atoms with E-state index in [1.807, 2.05) is 0 Å². The molecule has 0 spiro atoms. The van der Waals surface area contributed by atoms with Crippen molar-refractivity contribution in [3.05, 3.63) is 0 Å². The first kappa shape index (κ1) is 15.1. The third-order valence-corrected chi connectivity index (χ3v) is 2.96. The lowest BCUT2D eigenvalue weighted by molar-refractivity contribution is 0.204. The summed E-state index contributed by atoms with van der Waals surface area (Å²) < 4.78 is 32.0. The molecule has 0 bridgehead atoms. The lowest BCUT2D eigenvalue weighted by Crippen LogP contribution is -2.49. The van der Waals surface area contributed by atoms with Crippen LogP contribution in [0.2, 0.25) is 0 Å². The highest BCUT2D eigenvalue weighted by Crippen LogP contribution is 1.93. The SMILES string of the molecule is CCC(NS(=O)(=O)NCCOC)C(N)=NO. The topological polar surface area (TPSA) is 126 Å². The molecule has 0 amide bonds. The zero-order valence-electron chi connectivity index (χ0n) is 9.30. The minimum Gasteiger partial charge on any atom is -0.409 e. The molecule has 0 heterocycles. The van der Waals surface area contributed by atoms with Crippen molar-refractivity contribution in [3.8, 4) is 0 Å². The number of hydrogen-bond acceptors (Lipinski definition) is 5. The molecule has 1 atom stereocenters. The van der Waals surface area contributed by atoms with E-state index in [2.05, 4.69) is 14.6 Å². The molecular weight excluding hydrogens is 236 g/mol. The van der Waals surface area contributed by atoms with E-state index in [1.54, 1.807) is 6.92 Å². The predicted molar refractivity (Wildman–Crippen MR) is 59.4 cm³/mol. The maximum atomic E-state index is 11.4. The van der Waals surface area contributed by atoms with E-state index in [0.717, 1.165) is 0 Å². The average Bonchev–Trinajstić information content (AvgIpc) is 2.25. The highest BCUT2D eigenvalue weighted by molar-refractivity contribution is 7.87. The number of ether oxygens (including phenoxy) is 1. The van der Waals surface area contributed by atoms with Gasteiger partial charge in [0, 0.05) is 13.7 Å². The van der Waals surface area contributed by atoms with Crippen LogP contribution in [0.1, 0.15) is 13.3 Å². The van der Waals surface area contributed by atoms with Crippen LogP contribution >= 0.6 is 0 Å². The van der Waals surface area contributed by atoms with Gasteiger partial charge in [0.2, 0.25) is 0 Å². The maximum absolute atomic E-state index is 11.4. The van der Waals surface area contributed by atoms with E-state index < -0.39 is 16.3 Å². The lowest BCUT2D eigenvalue weighted by atomic mass is 10.2. The van der Waals surface area contributed by atoms with Crippen molar-refractivity contribution < 1.29 is 18.4 Å². The molecule has 0 saturated heterocycles. The minimum atomic E-state index is -3.67. The van der Waals surface area contributed by atoms with E-state index in [1.165, 1.54) is 7.11 Å². The van der Waals surface area contributed by atoms with Crippen LogP contribution in [-0.4, -0.2) is 45.8 Å². The molecule has 0 aromatic heterocycles. The summed E-state index contributed by atoms with van der Waals surface area (Å²) in [5.74, 6) is -0.181. The van der Waals surface area contributed by atoms with Crippen molar-refractivity contribution in [1.82, 2.24) is 9.44 Å². The molecular formula is C7H18N4O4S. The van der Waals surface area contributed by atoms with Gasteiger partial charge in [-0.05, 0) is 6.42 Å². The molecule has 0 saturated carbocycles. The Balaban J connectivity index is 4.32. The van der Waals surface area contributed by atoms with Crippen molar-refractivity contribution in [2.24, 2.45) is 10.9 Å². The van der Waals surface area contributed by atoms with Crippen LogP contribution in [0.15, 0.2) is 5.16 Å². The third kappa shape index (κ3) is 5.85. The van der Waals surface area contributed by atoms with Gasteiger partial charge < -0.3 is 15.7 Å². The molecule has 0 radical (unpaired) electrons. The molecule has 9 heteroatoms. The first-order valence-electron chi connectivity index (χ1n) is 4.70. The van der Waals surface area contributed by atoms with Crippen LogP contribution in [0, 0.1) is 0 Å². The van der Waals surface area contributed by atoms with E-state index in [-0.39, 0.29) is 19.0 Å². The van der Waals surface area contributed by atoms with Crippen molar-refractivity contribution in [3.63, 3.8) is 0 Å².